The molecule has 0 spiro atoms. The lowest BCUT2D eigenvalue weighted by Crippen LogP contribution is -2.22. The maximum absolute atomic E-state index is 13.5. The maximum atomic E-state index is 13.5. The summed E-state index contributed by atoms with van der Waals surface area (Å²) in [6.45, 7) is 3.50. The van der Waals surface area contributed by atoms with Crippen molar-refractivity contribution < 1.29 is 23.4 Å². The molecule has 0 unspecified atom stereocenters. The Morgan fingerprint density at radius 3 is 2.32 bits per heavy atom. The molecule has 0 fully saturated rings. The van der Waals surface area contributed by atoms with Gasteiger partial charge in [0.2, 0.25) is 11.2 Å². The number of carbonyl (C=O) groups is 1. The minimum absolute atomic E-state index is 0.0498. The predicted octanol–water partition coefficient (Wildman–Crippen LogP) is 5.11. The third kappa shape index (κ3) is 4.59. The number of hydrogen-bond acceptors (Lipinski definition) is 6. The van der Waals surface area contributed by atoms with Gasteiger partial charge in [-0.25, -0.2) is 0 Å². The fraction of sp³-hybridized carbons (Fsp3) is 0.185. The highest BCUT2D eigenvalue weighted by Crippen LogP contribution is 2.37. The zero-order chi connectivity index (χ0) is 24.2. The molecule has 0 radical (unpaired) electrons. The number of hydrogen-bond donors (Lipinski definition) is 1. The number of anilines is 1. The second-order valence-corrected chi connectivity index (χ2v) is 7.79. The molecule has 0 aliphatic carbocycles. The van der Waals surface area contributed by atoms with Crippen LogP contribution in [-0.2, 0) is 4.79 Å². The van der Waals surface area contributed by atoms with Crippen LogP contribution in [0.5, 0.6) is 17.2 Å². The molecule has 0 saturated carbocycles. The topological polar surface area (TPSA) is 87.0 Å². The van der Waals surface area contributed by atoms with Gasteiger partial charge in [0.25, 0.3) is 5.91 Å². The van der Waals surface area contributed by atoms with Crippen LogP contribution in [-0.4, -0.2) is 26.7 Å². The van der Waals surface area contributed by atoms with Crippen molar-refractivity contribution in [2.75, 3.05) is 26.1 Å². The first kappa shape index (κ1) is 22.9. The van der Waals surface area contributed by atoms with Crippen LogP contribution in [0.3, 0.4) is 0 Å². The van der Waals surface area contributed by atoms with Crippen molar-refractivity contribution in [2.24, 2.45) is 0 Å². The Morgan fingerprint density at radius 2 is 1.62 bits per heavy atom. The van der Waals surface area contributed by atoms with E-state index in [1.165, 1.54) is 7.11 Å². The van der Waals surface area contributed by atoms with E-state index < -0.39 is 5.91 Å². The average Bonchev–Trinajstić information content (AvgIpc) is 2.84. The molecule has 0 bridgehead atoms. The van der Waals surface area contributed by atoms with Gasteiger partial charge in [0.15, 0.2) is 23.9 Å². The van der Waals surface area contributed by atoms with Gasteiger partial charge in [-0.15, -0.1) is 0 Å². The van der Waals surface area contributed by atoms with Crippen molar-refractivity contribution in [3.8, 4) is 28.6 Å². The zero-order valence-corrected chi connectivity index (χ0v) is 19.4. The number of nitrogens with one attached hydrogen (secondary N) is 1. The number of fused-ring (bicyclic) bond motifs is 1. The molecular formula is C27H25NO6. The Bertz CT molecular complexity index is 1410. The van der Waals surface area contributed by atoms with Crippen LogP contribution in [0.25, 0.3) is 22.3 Å². The van der Waals surface area contributed by atoms with Crippen LogP contribution in [0.2, 0.25) is 0 Å². The summed E-state index contributed by atoms with van der Waals surface area (Å²) < 4.78 is 22.7. The summed E-state index contributed by atoms with van der Waals surface area (Å²) in [5, 5.41) is 3.13. The molecule has 1 N–H and O–H groups in total. The third-order valence-corrected chi connectivity index (χ3v) is 5.52. The number of ether oxygens (including phenoxy) is 3. The quantitative estimate of drug-likeness (QED) is 0.413. The Morgan fingerprint density at radius 1 is 0.912 bits per heavy atom. The van der Waals surface area contributed by atoms with E-state index in [2.05, 4.69) is 5.32 Å². The third-order valence-electron chi connectivity index (χ3n) is 5.52. The molecule has 3 aromatic carbocycles. The normalized spacial score (nSPS) is 10.7. The lowest BCUT2D eigenvalue weighted by Gasteiger charge is -2.14. The summed E-state index contributed by atoms with van der Waals surface area (Å²) in [5.74, 6) is 0.755. The van der Waals surface area contributed by atoms with Gasteiger partial charge in [0, 0.05) is 11.3 Å². The second kappa shape index (κ2) is 9.70. The van der Waals surface area contributed by atoms with Crippen LogP contribution in [0.4, 0.5) is 5.69 Å². The summed E-state index contributed by atoms with van der Waals surface area (Å²) in [7, 11) is 3.06. The number of aryl methyl sites for hydroxylation is 2. The summed E-state index contributed by atoms with van der Waals surface area (Å²) in [6, 6.07) is 17.8. The van der Waals surface area contributed by atoms with E-state index in [1.54, 1.807) is 43.5 Å². The largest absolute Gasteiger partial charge is 0.493 e. The van der Waals surface area contributed by atoms with Gasteiger partial charge in [-0.05, 0) is 67.4 Å². The van der Waals surface area contributed by atoms with Crippen molar-refractivity contribution in [1.82, 2.24) is 0 Å². The van der Waals surface area contributed by atoms with E-state index in [-0.39, 0.29) is 23.5 Å². The van der Waals surface area contributed by atoms with Gasteiger partial charge in [-0.2, -0.15) is 0 Å². The van der Waals surface area contributed by atoms with Crippen molar-refractivity contribution >= 4 is 22.6 Å². The molecule has 0 aliphatic rings. The van der Waals surface area contributed by atoms with Crippen LogP contribution in [0.1, 0.15) is 11.1 Å². The minimum Gasteiger partial charge on any atom is -0.493 e. The number of carbonyl (C=O) groups excluding carboxylic acids is 1. The number of amides is 1. The van der Waals surface area contributed by atoms with Crippen LogP contribution >= 0.6 is 0 Å². The molecule has 4 rings (SSSR count). The standard InChI is InChI=1S/C27H25NO6/c1-16-12-20-22(13-17(16)2)34-26(18-10-11-21(31-3)23(14-18)32-4)27(25(20)30)33-15-24(29)28-19-8-6-5-7-9-19/h5-14H,15H2,1-4H3,(H,28,29). The van der Waals surface area contributed by atoms with Gasteiger partial charge < -0.3 is 23.9 Å². The van der Waals surface area contributed by atoms with E-state index in [0.717, 1.165) is 11.1 Å². The van der Waals surface area contributed by atoms with Crippen LogP contribution in [0.15, 0.2) is 69.9 Å². The molecule has 7 nitrogen and oxygen atoms in total. The predicted molar refractivity (Wildman–Crippen MR) is 131 cm³/mol. The maximum Gasteiger partial charge on any atom is 0.262 e. The summed E-state index contributed by atoms with van der Waals surface area (Å²) in [6.07, 6.45) is 0. The average molecular weight is 459 g/mol. The van der Waals surface area contributed by atoms with E-state index >= 15 is 0 Å². The number of benzene rings is 3. The van der Waals surface area contributed by atoms with Crippen molar-refractivity contribution in [2.45, 2.75) is 13.8 Å². The molecule has 0 atom stereocenters. The van der Waals surface area contributed by atoms with Crippen LogP contribution < -0.4 is 25.0 Å². The lowest BCUT2D eigenvalue weighted by molar-refractivity contribution is -0.118. The second-order valence-electron chi connectivity index (χ2n) is 7.79. The fourth-order valence-electron chi connectivity index (χ4n) is 3.59. The first-order chi connectivity index (χ1) is 16.4. The summed E-state index contributed by atoms with van der Waals surface area (Å²) >= 11 is 0. The van der Waals surface area contributed by atoms with Gasteiger partial charge in [0.1, 0.15) is 5.58 Å². The van der Waals surface area contributed by atoms with E-state index in [1.807, 2.05) is 38.1 Å². The molecule has 34 heavy (non-hydrogen) atoms. The molecule has 174 valence electrons. The molecule has 0 saturated heterocycles. The van der Waals surface area contributed by atoms with Crippen molar-refractivity contribution in [3.05, 3.63) is 82.0 Å². The molecule has 7 heteroatoms. The monoisotopic (exact) mass is 459 g/mol. The van der Waals surface area contributed by atoms with E-state index in [9.17, 15) is 9.59 Å². The first-order valence-corrected chi connectivity index (χ1v) is 10.7. The van der Waals surface area contributed by atoms with Gasteiger partial charge in [-0.1, -0.05) is 18.2 Å². The number of rotatable bonds is 7. The molecule has 0 aliphatic heterocycles. The molecule has 4 aromatic rings. The molecule has 1 aromatic heterocycles. The van der Waals surface area contributed by atoms with Gasteiger partial charge in [-0.3, -0.25) is 9.59 Å². The van der Waals surface area contributed by atoms with Gasteiger partial charge in [0.05, 0.1) is 19.6 Å². The van der Waals surface area contributed by atoms with Crippen molar-refractivity contribution in [3.63, 3.8) is 0 Å². The SMILES string of the molecule is COc1ccc(-c2oc3cc(C)c(C)cc3c(=O)c2OCC(=O)Nc2ccccc2)cc1OC. The Labute approximate surface area is 196 Å². The Kier molecular flexibility index (Phi) is 6.54. The highest BCUT2D eigenvalue weighted by atomic mass is 16.5. The van der Waals surface area contributed by atoms with Crippen LogP contribution in [0, 0.1) is 13.8 Å². The molecule has 1 heterocycles. The van der Waals surface area contributed by atoms with E-state index in [0.29, 0.717) is 33.7 Å². The summed E-state index contributed by atoms with van der Waals surface area (Å²) in [4.78, 5) is 25.9. The molecular weight excluding hydrogens is 434 g/mol. The number of methoxy groups -OCH3 is 2. The Hall–Kier alpha value is -4.26. The van der Waals surface area contributed by atoms with Gasteiger partial charge >= 0.3 is 0 Å². The number of para-hydroxylation sites is 1. The summed E-state index contributed by atoms with van der Waals surface area (Å²) in [5.41, 5.74) is 3.19. The highest BCUT2D eigenvalue weighted by molar-refractivity contribution is 5.92. The lowest BCUT2D eigenvalue weighted by atomic mass is 10.0. The first-order valence-electron chi connectivity index (χ1n) is 10.7. The highest BCUT2D eigenvalue weighted by Gasteiger charge is 2.21. The Balaban J connectivity index is 1.78. The fourth-order valence-corrected chi connectivity index (χ4v) is 3.59. The smallest absolute Gasteiger partial charge is 0.262 e. The zero-order valence-electron chi connectivity index (χ0n) is 19.4. The van der Waals surface area contributed by atoms with Crippen molar-refractivity contribution in [1.29, 1.82) is 0 Å². The minimum atomic E-state index is -0.399. The van der Waals surface area contributed by atoms with E-state index in [4.69, 9.17) is 18.6 Å². The molecule has 1 amide bonds.